The molecule has 1 atom stereocenters. The first kappa shape index (κ1) is 22.9. The molecule has 2 aromatic carbocycles. The summed E-state index contributed by atoms with van der Waals surface area (Å²) in [6.07, 6.45) is 0.404. The summed E-state index contributed by atoms with van der Waals surface area (Å²) in [5, 5.41) is 11.3. The lowest BCUT2D eigenvalue weighted by Gasteiger charge is -2.37. The third-order valence-corrected chi connectivity index (χ3v) is 6.87. The van der Waals surface area contributed by atoms with E-state index in [1.165, 1.54) is 23.1 Å². The second kappa shape index (κ2) is 9.07. The van der Waals surface area contributed by atoms with Gasteiger partial charge in [0.05, 0.1) is 5.56 Å². The SMILES string of the molecule is N#Cc1cc(CN2CCN(c3cc(F)cc4c3CN(C3CCC(=O)NC3=O)C4=O)CC2)ccc1F. The van der Waals surface area contributed by atoms with Gasteiger partial charge in [0.2, 0.25) is 11.8 Å². The Balaban J connectivity index is 1.30. The summed E-state index contributed by atoms with van der Waals surface area (Å²) in [7, 11) is 0. The lowest BCUT2D eigenvalue weighted by molar-refractivity contribution is -0.136. The Morgan fingerprint density at radius 2 is 1.83 bits per heavy atom. The fourth-order valence-electron chi connectivity index (χ4n) is 5.05. The molecule has 2 fully saturated rings. The molecule has 3 aliphatic heterocycles. The second-order valence-corrected chi connectivity index (χ2v) is 9.04. The molecule has 0 aliphatic carbocycles. The molecule has 180 valence electrons. The van der Waals surface area contributed by atoms with E-state index < -0.39 is 29.5 Å². The first-order chi connectivity index (χ1) is 16.8. The van der Waals surface area contributed by atoms with Gasteiger partial charge in [0.15, 0.2) is 0 Å². The number of hydrogen-bond acceptors (Lipinski definition) is 6. The molecule has 10 heteroatoms. The number of imide groups is 1. The van der Waals surface area contributed by atoms with E-state index in [1.807, 2.05) is 11.0 Å². The summed E-state index contributed by atoms with van der Waals surface area (Å²) < 4.78 is 28.1. The number of nitrogens with zero attached hydrogens (tertiary/aromatic N) is 4. The summed E-state index contributed by atoms with van der Waals surface area (Å²) in [4.78, 5) is 42.5. The Labute approximate surface area is 200 Å². The molecule has 5 rings (SSSR count). The van der Waals surface area contributed by atoms with Crippen LogP contribution in [0.25, 0.3) is 0 Å². The average Bonchev–Trinajstić information content (AvgIpc) is 3.16. The van der Waals surface area contributed by atoms with E-state index in [4.69, 9.17) is 5.26 Å². The highest BCUT2D eigenvalue weighted by Crippen LogP contribution is 2.35. The molecule has 1 N–H and O–H groups in total. The molecule has 2 saturated heterocycles. The molecule has 2 aromatic rings. The number of benzene rings is 2. The number of piperazine rings is 1. The average molecular weight is 479 g/mol. The largest absolute Gasteiger partial charge is 0.369 e. The number of fused-ring (bicyclic) bond motifs is 1. The van der Waals surface area contributed by atoms with E-state index in [1.54, 1.807) is 12.1 Å². The molecule has 8 nitrogen and oxygen atoms in total. The van der Waals surface area contributed by atoms with Crippen LogP contribution < -0.4 is 10.2 Å². The lowest BCUT2D eigenvalue weighted by atomic mass is 10.0. The van der Waals surface area contributed by atoms with Crippen molar-refractivity contribution < 1.29 is 23.2 Å². The number of amides is 3. The van der Waals surface area contributed by atoms with Crippen molar-refractivity contribution >= 4 is 23.4 Å². The fourth-order valence-corrected chi connectivity index (χ4v) is 5.05. The lowest BCUT2D eigenvalue weighted by Crippen LogP contribution is -2.52. The minimum atomic E-state index is -0.755. The zero-order chi connectivity index (χ0) is 24.7. The smallest absolute Gasteiger partial charge is 0.255 e. The first-order valence-electron chi connectivity index (χ1n) is 11.5. The maximum absolute atomic E-state index is 14.5. The van der Waals surface area contributed by atoms with Gasteiger partial charge >= 0.3 is 0 Å². The van der Waals surface area contributed by atoms with Gasteiger partial charge in [0.25, 0.3) is 5.91 Å². The number of carbonyl (C=O) groups excluding carboxylic acids is 3. The zero-order valence-electron chi connectivity index (χ0n) is 18.9. The van der Waals surface area contributed by atoms with Crippen molar-refractivity contribution in [3.63, 3.8) is 0 Å². The highest BCUT2D eigenvalue weighted by atomic mass is 19.1. The highest BCUT2D eigenvalue weighted by Gasteiger charge is 2.41. The van der Waals surface area contributed by atoms with Gasteiger partial charge < -0.3 is 9.80 Å². The van der Waals surface area contributed by atoms with Gasteiger partial charge in [-0.3, -0.25) is 24.6 Å². The number of carbonyl (C=O) groups is 3. The first-order valence-corrected chi connectivity index (χ1v) is 11.5. The van der Waals surface area contributed by atoms with Crippen molar-refractivity contribution in [3.05, 3.63) is 64.2 Å². The summed E-state index contributed by atoms with van der Waals surface area (Å²) >= 11 is 0. The van der Waals surface area contributed by atoms with Gasteiger partial charge in [-0.2, -0.15) is 5.26 Å². The van der Waals surface area contributed by atoms with Gasteiger partial charge in [-0.25, -0.2) is 8.78 Å². The minimum Gasteiger partial charge on any atom is -0.369 e. The minimum absolute atomic E-state index is 0.0155. The third-order valence-electron chi connectivity index (χ3n) is 6.87. The van der Waals surface area contributed by atoms with E-state index >= 15 is 0 Å². The van der Waals surface area contributed by atoms with Gasteiger partial charge in [-0.15, -0.1) is 0 Å². The van der Waals surface area contributed by atoms with Crippen LogP contribution in [0.1, 0.15) is 39.9 Å². The van der Waals surface area contributed by atoms with Gasteiger partial charge in [-0.1, -0.05) is 6.07 Å². The van der Waals surface area contributed by atoms with Crippen LogP contribution in [0.5, 0.6) is 0 Å². The quantitative estimate of drug-likeness (QED) is 0.674. The van der Waals surface area contributed by atoms with E-state index in [0.29, 0.717) is 44.0 Å². The maximum atomic E-state index is 14.5. The number of nitriles is 1. The van der Waals surface area contributed by atoms with Crippen LogP contribution in [-0.2, 0) is 22.7 Å². The number of anilines is 1. The summed E-state index contributed by atoms with van der Waals surface area (Å²) in [6.45, 7) is 3.25. The van der Waals surface area contributed by atoms with Crippen LogP contribution in [-0.4, -0.2) is 59.7 Å². The second-order valence-electron chi connectivity index (χ2n) is 9.04. The third kappa shape index (κ3) is 4.35. The molecule has 0 radical (unpaired) electrons. The molecule has 0 spiro atoms. The Bertz CT molecular complexity index is 1270. The highest BCUT2D eigenvalue weighted by molar-refractivity contribution is 6.06. The van der Waals surface area contributed by atoms with Crippen LogP contribution in [0.4, 0.5) is 14.5 Å². The van der Waals surface area contributed by atoms with E-state index in [-0.39, 0.29) is 36.4 Å². The van der Waals surface area contributed by atoms with Gasteiger partial charge in [0, 0.05) is 62.5 Å². The number of hydrogen-bond donors (Lipinski definition) is 1. The molecule has 3 aliphatic rings. The number of piperidine rings is 1. The van der Waals surface area contributed by atoms with E-state index in [9.17, 15) is 23.2 Å². The monoisotopic (exact) mass is 479 g/mol. The molecular formula is C25H23F2N5O3. The number of halogens is 2. The van der Waals surface area contributed by atoms with Gasteiger partial charge in [0.1, 0.15) is 23.7 Å². The standard InChI is InChI=1S/C25H23F2N5O3/c26-17-10-18-19(14-32(25(18)35)21-3-4-23(33)29-24(21)34)22(11-17)31-7-5-30(6-8-31)13-15-1-2-20(27)16(9-15)12-28/h1-2,9-11,21H,3-8,13-14H2,(H,29,33,34). The topological polar surface area (TPSA) is 96.8 Å². The fraction of sp³-hybridized carbons (Fsp3) is 0.360. The van der Waals surface area contributed by atoms with Crippen LogP contribution in [0.15, 0.2) is 30.3 Å². The maximum Gasteiger partial charge on any atom is 0.255 e. The van der Waals surface area contributed by atoms with Gasteiger partial charge in [-0.05, 0) is 36.2 Å². The Morgan fingerprint density at radius 1 is 1.06 bits per heavy atom. The molecular weight excluding hydrogens is 456 g/mol. The normalized spacial score (nSPS) is 20.6. The number of nitrogens with one attached hydrogen (secondary N) is 1. The molecule has 3 heterocycles. The Hall–Kier alpha value is -3.84. The van der Waals surface area contributed by atoms with Crippen LogP contribution >= 0.6 is 0 Å². The van der Waals surface area contributed by atoms with Crippen molar-refractivity contribution in [2.75, 3.05) is 31.1 Å². The van der Waals surface area contributed by atoms with Crippen molar-refractivity contribution in [2.24, 2.45) is 0 Å². The van der Waals surface area contributed by atoms with Crippen molar-refractivity contribution in [1.82, 2.24) is 15.1 Å². The predicted octanol–water partition coefficient (Wildman–Crippen LogP) is 1.92. The summed E-state index contributed by atoms with van der Waals surface area (Å²) in [5.41, 5.74) is 2.43. The Kier molecular flexibility index (Phi) is 5.94. The molecule has 1 unspecified atom stereocenters. The van der Waals surface area contributed by atoms with Crippen LogP contribution in [0, 0.1) is 23.0 Å². The van der Waals surface area contributed by atoms with E-state index in [0.717, 1.165) is 5.56 Å². The van der Waals surface area contributed by atoms with Crippen LogP contribution in [0.3, 0.4) is 0 Å². The molecule has 0 aromatic heterocycles. The van der Waals surface area contributed by atoms with Crippen molar-refractivity contribution in [2.45, 2.75) is 32.0 Å². The zero-order valence-corrected chi connectivity index (χ0v) is 18.9. The van der Waals surface area contributed by atoms with Crippen LogP contribution in [0.2, 0.25) is 0 Å². The summed E-state index contributed by atoms with van der Waals surface area (Å²) in [6, 6.07) is 8.25. The molecule has 35 heavy (non-hydrogen) atoms. The Morgan fingerprint density at radius 3 is 2.54 bits per heavy atom. The molecule has 3 amide bonds. The van der Waals surface area contributed by atoms with E-state index in [2.05, 4.69) is 10.2 Å². The number of rotatable bonds is 4. The summed E-state index contributed by atoms with van der Waals surface area (Å²) in [5.74, 6) is -2.32. The van der Waals surface area contributed by atoms with Crippen molar-refractivity contribution in [3.8, 4) is 6.07 Å². The van der Waals surface area contributed by atoms with Crippen molar-refractivity contribution in [1.29, 1.82) is 5.26 Å². The molecule has 0 saturated carbocycles. The predicted molar refractivity (Wildman–Crippen MR) is 121 cm³/mol. The molecule has 0 bridgehead atoms.